The SMILES string of the molecule is NCC(=O)C(CC(N)=O)[C@H](N)C(=O)O. The molecular formula is C7H13N3O4. The molecule has 0 fully saturated rings. The van der Waals surface area contributed by atoms with Crippen molar-refractivity contribution < 1.29 is 19.5 Å². The largest absolute Gasteiger partial charge is 0.480 e. The summed E-state index contributed by atoms with van der Waals surface area (Å²) in [5.41, 5.74) is 15.1. The summed E-state index contributed by atoms with van der Waals surface area (Å²) < 4.78 is 0. The minimum absolute atomic E-state index is 0.362. The summed E-state index contributed by atoms with van der Waals surface area (Å²) in [5.74, 6) is -3.87. The molecule has 7 N–H and O–H groups in total. The molecule has 0 aliphatic rings. The number of rotatable bonds is 6. The molecule has 2 atom stereocenters. The molecule has 1 unspecified atom stereocenters. The Morgan fingerprint density at radius 2 is 1.79 bits per heavy atom. The average Bonchev–Trinajstić information content (AvgIpc) is 2.11. The van der Waals surface area contributed by atoms with Crippen LogP contribution in [-0.4, -0.2) is 35.4 Å². The molecule has 0 heterocycles. The van der Waals surface area contributed by atoms with Gasteiger partial charge in [0.1, 0.15) is 6.04 Å². The molecule has 0 rings (SSSR count). The van der Waals surface area contributed by atoms with Gasteiger partial charge in [0.15, 0.2) is 5.78 Å². The molecule has 0 radical (unpaired) electrons. The Morgan fingerprint density at radius 1 is 1.29 bits per heavy atom. The van der Waals surface area contributed by atoms with Gasteiger partial charge in [0.05, 0.1) is 12.5 Å². The summed E-state index contributed by atoms with van der Waals surface area (Å²) in [7, 11) is 0. The summed E-state index contributed by atoms with van der Waals surface area (Å²) in [6, 6.07) is -1.45. The number of aliphatic carboxylic acids is 1. The summed E-state index contributed by atoms with van der Waals surface area (Å²) in [4.78, 5) is 32.1. The molecule has 0 aromatic rings. The second-order valence-corrected chi connectivity index (χ2v) is 2.81. The lowest BCUT2D eigenvalue weighted by atomic mass is 9.92. The molecular weight excluding hydrogens is 190 g/mol. The number of Topliss-reactive ketones (excluding diaryl/α,β-unsaturated/α-hetero) is 1. The molecule has 0 aliphatic carbocycles. The Kier molecular flexibility index (Phi) is 4.74. The van der Waals surface area contributed by atoms with Crippen molar-refractivity contribution in [1.29, 1.82) is 0 Å². The van der Waals surface area contributed by atoms with Gasteiger partial charge in [-0.15, -0.1) is 0 Å². The van der Waals surface area contributed by atoms with Crippen molar-refractivity contribution >= 4 is 17.7 Å². The molecule has 1 amide bonds. The van der Waals surface area contributed by atoms with E-state index in [0.29, 0.717) is 0 Å². The number of amides is 1. The molecule has 0 saturated heterocycles. The predicted molar refractivity (Wildman–Crippen MR) is 47.0 cm³/mol. The van der Waals surface area contributed by atoms with Crippen LogP contribution in [0, 0.1) is 5.92 Å². The number of carbonyl (C=O) groups excluding carboxylic acids is 2. The van der Waals surface area contributed by atoms with E-state index >= 15 is 0 Å². The van der Waals surface area contributed by atoms with Crippen molar-refractivity contribution in [1.82, 2.24) is 0 Å². The van der Waals surface area contributed by atoms with Crippen LogP contribution >= 0.6 is 0 Å². The van der Waals surface area contributed by atoms with Gasteiger partial charge < -0.3 is 22.3 Å². The van der Waals surface area contributed by atoms with Gasteiger partial charge in [0.25, 0.3) is 0 Å². The van der Waals surface area contributed by atoms with Gasteiger partial charge in [-0.3, -0.25) is 14.4 Å². The van der Waals surface area contributed by atoms with Crippen LogP contribution in [0.2, 0.25) is 0 Å². The Hall–Kier alpha value is -1.47. The highest BCUT2D eigenvalue weighted by Gasteiger charge is 2.30. The third kappa shape index (κ3) is 3.50. The number of nitrogens with two attached hydrogens (primary N) is 3. The monoisotopic (exact) mass is 203 g/mol. The first kappa shape index (κ1) is 12.5. The van der Waals surface area contributed by atoms with E-state index in [2.05, 4.69) is 0 Å². The first-order valence-electron chi connectivity index (χ1n) is 3.89. The Bertz CT molecular complexity index is 253. The van der Waals surface area contributed by atoms with Crippen LogP contribution in [0.15, 0.2) is 0 Å². The summed E-state index contributed by atoms with van der Waals surface area (Å²) in [6.45, 7) is -0.362. The fourth-order valence-electron chi connectivity index (χ4n) is 0.981. The van der Waals surface area contributed by atoms with Gasteiger partial charge in [0.2, 0.25) is 5.91 Å². The van der Waals surface area contributed by atoms with Gasteiger partial charge in [-0.1, -0.05) is 0 Å². The number of carboxylic acids is 1. The van der Waals surface area contributed by atoms with E-state index in [1.807, 2.05) is 0 Å². The van der Waals surface area contributed by atoms with Crippen LogP contribution in [0.3, 0.4) is 0 Å². The fourth-order valence-corrected chi connectivity index (χ4v) is 0.981. The maximum Gasteiger partial charge on any atom is 0.321 e. The highest BCUT2D eigenvalue weighted by Crippen LogP contribution is 2.08. The number of hydrogen-bond acceptors (Lipinski definition) is 5. The lowest BCUT2D eigenvalue weighted by Gasteiger charge is -2.16. The molecule has 0 aromatic carbocycles. The maximum atomic E-state index is 11.1. The summed E-state index contributed by atoms with van der Waals surface area (Å²) in [6.07, 6.45) is -0.399. The van der Waals surface area contributed by atoms with Gasteiger partial charge in [-0.2, -0.15) is 0 Å². The number of hydrogen-bond donors (Lipinski definition) is 4. The number of primary amides is 1. The van der Waals surface area contributed by atoms with Gasteiger partial charge >= 0.3 is 5.97 Å². The zero-order valence-electron chi connectivity index (χ0n) is 7.47. The second-order valence-electron chi connectivity index (χ2n) is 2.81. The first-order valence-corrected chi connectivity index (χ1v) is 3.89. The topological polar surface area (TPSA) is 150 Å². The van der Waals surface area contributed by atoms with Crippen molar-refractivity contribution in [3.8, 4) is 0 Å². The van der Waals surface area contributed by atoms with Gasteiger partial charge in [-0.25, -0.2) is 0 Å². The van der Waals surface area contributed by atoms with E-state index in [9.17, 15) is 14.4 Å². The fraction of sp³-hybridized carbons (Fsp3) is 0.571. The van der Waals surface area contributed by atoms with Crippen molar-refractivity contribution in [2.24, 2.45) is 23.1 Å². The summed E-state index contributed by atoms with van der Waals surface area (Å²) in [5, 5.41) is 8.54. The maximum absolute atomic E-state index is 11.1. The Balaban J connectivity index is 4.62. The molecule has 0 aliphatic heterocycles. The number of ketones is 1. The molecule has 0 saturated carbocycles. The van der Waals surface area contributed by atoms with Gasteiger partial charge in [-0.05, 0) is 0 Å². The quantitative estimate of drug-likeness (QED) is 0.372. The molecule has 7 heteroatoms. The van der Waals surface area contributed by atoms with E-state index < -0.39 is 36.0 Å². The van der Waals surface area contributed by atoms with Crippen LogP contribution in [0.1, 0.15) is 6.42 Å². The Labute approximate surface area is 80.2 Å². The molecule has 0 bridgehead atoms. The zero-order valence-corrected chi connectivity index (χ0v) is 7.47. The normalized spacial score (nSPS) is 14.4. The van der Waals surface area contributed by atoms with Crippen molar-refractivity contribution in [2.45, 2.75) is 12.5 Å². The highest BCUT2D eigenvalue weighted by atomic mass is 16.4. The van der Waals surface area contributed by atoms with E-state index in [1.54, 1.807) is 0 Å². The minimum Gasteiger partial charge on any atom is -0.480 e. The van der Waals surface area contributed by atoms with Crippen LogP contribution in [0.25, 0.3) is 0 Å². The molecule has 0 spiro atoms. The second kappa shape index (κ2) is 5.30. The van der Waals surface area contributed by atoms with Crippen LogP contribution in [0.5, 0.6) is 0 Å². The van der Waals surface area contributed by atoms with Crippen molar-refractivity contribution in [3.63, 3.8) is 0 Å². The van der Waals surface area contributed by atoms with Crippen LogP contribution in [0.4, 0.5) is 0 Å². The van der Waals surface area contributed by atoms with Crippen molar-refractivity contribution in [3.05, 3.63) is 0 Å². The third-order valence-corrected chi connectivity index (χ3v) is 1.75. The number of carbonyl (C=O) groups is 3. The average molecular weight is 203 g/mol. The number of carboxylic acid groups (broad SMARTS) is 1. The van der Waals surface area contributed by atoms with E-state index in [4.69, 9.17) is 22.3 Å². The van der Waals surface area contributed by atoms with Crippen LogP contribution in [-0.2, 0) is 14.4 Å². The zero-order chi connectivity index (χ0) is 11.3. The molecule has 14 heavy (non-hydrogen) atoms. The van der Waals surface area contributed by atoms with Crippen molar-refractivity contribution in [2.75, 3.05) is 6.54 Å². The van der Waals surface area contributed by atoms with E-state index in [1.165, 1.54) is 0 Å². The summed E-state index contributed by atoms with van der Waals surface area (Å²) >= 11 is 0. The lowest BCUT2D eigenvalue weighted by Crippen LogP contribution is -2.45. The lowest BCUT2D eigenvalue weighted by molar-refractivity contribution is -0.143. The highest BCUT2D eigenvalue weighted by molar-refractivity contribution is 5.92. The predicted octanol–water partition coefficient (Wildman–Crippen LogP) is -2.58. The minimum atomic E-state index is -1.45. The third-order valence-electron chi connectivity index (χ3n) is 1.75. The molecule has 7 nitrogen and oxygen atoms in total. The van der Waals surface area contributed by atoms with Gasteiger partial charge in [0, 0.05) is 6.42 Å². The Morgan fingerprint density at radius 3 is 2.07 bits per heavy atom. The molecule has 80 valence electrons. The van der Waals surface area contributed by atoms with Crippen LogP contribution < -0.4 is 17.2 Å². The first-order chi connectivity index (χ1) is 6.40. The van der Waals surface area contributed by atoms with E-state index in [-0.39, 0.29) is 6.54 Å². The standard InChI is InChI=1S/C7H13N3O4/c8-2-4(11)3(1-5(9)12)6(10)7(13)14/h3,6H,1-2,8,10H2,(H2,9,12)(H,13,14)/t3?,6-/m0/s1. The smallest absolute Gasteiger partial charge is 0.321 e. The van der Waals surface area contributed by atoms with E-state index in [0.717, 1.165) is 0 Å². The molecule has 0 aromatic heterocycles.